The lowest BCUT2D eigenvalue weighted by atomic mass is 9.81. The van der Waals surface area contributed by atoms with Gasteiger partial charge >= 0.3 is 6.18 Å². The standard InChI is InChI=1S/C24H35F3N4O3/c1-3-23(9-7-17(15-23)28-18-8-14-34-16-19(18)33-2)22(32)31-12-10-30(11-13-31)21-6-4-5-20(29-21)24(25,26)27/h4-6,17-19,28H,3,7-16H2,1-2H3/t17-,18?,19?,23-/m0/s1. The second kappa shape index (κ2) is 10.4. The first-order valence-corrected chi connectivity index (χ1v) is 12.2. The zero-order valence-electron chi connectivity index (χ0n) is 19.9. The summed E-state index contributed by atoms with van der Waals surface area (Å²) in [7, 11) is 1.71. The fraction of sp³-hybridized carbons (Fsp3) is 0.750. The van der Waals surface area contributed by atoms with Gasteiger partial charge in [0.1, 0.15) is 11.5 Å². The monoisotopic (exact) mass is 484 g/mol. The van der Waals surface area contributed by atoms with Crippen LogP contribution in [0.4, 0.5) is 19.0 Å². The largest absolute Gasteiger partial charge is 0.433 e. The highest BCUT2D eigenvalue weighted by molar-refractivity contribution is 5.83. The van der Waals surface area contributed by atoms with Crippen LogP contribution in [0.3, 0.4) is 0 Å². The van der Waals surface area contributed by atoms with E-state index < -0.39 is 11.9 Å². The number of pyridine rings is 1. The maximum absolute atomic E-state index is 13.6. The summed E-state index contributed by atoms with van der Waals surface area (Å²) in [4.78, 5) is 21.1. The fourth-order valence-corrected chi connectivity index (χ4v) is 5.60. The molecule has 1 N–H and O–H groups in total. The number of rotatable bonds is 6. The number of halogens is 3. The Balaban J connectivity index is 1.35. The molecule has 0 aromatic carbocycles. The molecule has 4 rings (SSSR count). The second-order valence-corrected chi connectivity index (χ2v) is 9.64. The Morgan fingerprint density at radius 2 is 2.03 bits per heavy atom. The molecule has 3 aliphatic rings. The summed E-state index contributed by atoms with van der Waals surface area (Å²) in [5.41, 5.74) is -1.28. The van der Waals surface area contributed by atoms with E-state index in [0.717, 1.165) is 38.2 Å². The minimum absolute atomic E-state index is 0.0265. The summed E-state index contributed by atoms with van der Waals surface area (Å²) in [6.45, 7) is 5.30. The SMILES string of the molecule is CC[C@]1(C(=O)N2CCN(c3cccc(C(F)(F)F)n3)CC2)CC[C@H](NC2CCOCC2OC)C1. The van der Waals surface area contributed by atoms with Gasteiger partial charge in [-0.1, -0.05) is 13.0 Å². The molecule has 7 nitrogen and oxygen atoms in total. The van der Waals surface area contributed by atoms with E-state index >= 15 is 0 Å². The number of carbonyl (C=O) groups is 1. The van der Waals surface area contributed by atoms with E-state index in [1.165, 1.54) is 6.07 Å². The third-order valence-corrected chi connectivity index (χ3v) is 7.71. The van der Waals surface area contributed by atoms with Crippen LogP contribution in [0.2, 0.25) is 0 Å². The van der Waals surface area contributed by atoms with E-state index in [1.807, 2.05) is 9.80 Å². The minimum atomic E-state index is -4.47. The number of hydrogen-bond acceptors (Lipinski definition) is 6. The number of amides is 1. The van der Waals surface area contributed by atoms with Crippen LogP contribution in [0.5, 0.6) is 0 Å². The van der Waals surface area contributed by atoms with E-state index in [1.54, 1.807) is 13.2 Å². The number of hydrogen-bond donors (Lipinski definition) is 1. The maximum atomic E-state index is 13.6. The number of carbonyl (C=O) groups excluding carboxylic acids is 1. The van der Waals surface area contributed by atoms with Crippen molar-refractivity contribution < 1.29 is 27.4 Å². The highest BCUT2D eigenvalue weighted by Gasteiger charge is 2.47. The predicted molar refractivity (Wildman–Crippen MR) is 122 cm³/mol. The Hall–Kier alpha value is -1.91. The lowest BCUT2D eigenvalue weighted by Crippen LogP contribution is -2.54. The van der Waals surface area contributed by atoms with Gasteiger partial charge in [0.15, 0.2) is 0 Å². The summed E-state index contributed by atoms with van der Waals surface area (Å²) in [5.74, 6) is 0.479. The van der Waals surface area contributed by atoms with Crippen molar-refractivity contribution in [2.75, 3.05) is 51.4 Å². The molecule has 1 saturated carbocycles. The zero-order valence-corrected chi connectivity index (χ0v) is 19.9. The van der Waals surface area contributed by atoms with Crippen LogP contribution in [-0.4, -0.2) is 80.5 Å². The van der Waals surface area contributed by atoms with Gasteiger partial charge in [0.25, 0.3) is 0 Å². The summed E-state index contributed by atoms with van der Waals surface area (Å²) >= 11 is 0. The zero-order chi connectivity index (χ0) is 24.3. The van der Waals surface area contributed by atoms with E-state index in [4.69, 9.17) is 9.47 Å². The van der Waals surface area contributed by atoms with Gasteiger partial charge in [0.2, 0.25) is 5.91 Å². The molecule has 2 aliphatic heterocycles. The Labute approximate surface area is 199 Å². The first-order valence-electron chi connectivity index (χ1n) is 12.2. The summed E-state index contributed by atoms with van der Waals surface area (Å²) in [6, 6.07) is 4.45. The number of alkyl halides is 3. The highest BCUT2D eigenvalue weighted by atomic mass is 19.4. The molecule has 1 aromatic rings. The predicted octanol–water partition coefficient (Wildman–Crippen LogP) is 3.09. The third-order valence-electron chi connectivity index (χ3n) is 7.71. The Morgan fingerprint density at radius 1 is 1.26 bits per heavy atom. The molecule has 4 atom stereocenters. The van der Waals surface area contributed by atoms with E-state index in [2.05, 4.69) is 17.2 Å². The summed E-state index contributed by atoms with van der Waals surface area (Å²) < 4.78 is 50.2. The number of piperazine rings is 1. The van der Waals surface area contributed by atoms with Crippen LogP contribution < -0.4 is 10.2 Å². The van der Waals surface area contributed by atoms with E-state index in [0.29, 0.717) is 45.2 Å². The Bertz CT molecular complexity index is 847. The summed E-state index contributed by atoms with van der Waals surface area (Å²) in [6.07, 6.45) is -0.182. The molecule has 3 heterocycles. The minimum Gasteiger partial charge on any atom is -0.379 e. The van der Waals surface area contributed by atoms with Gasteiger partial charge in [-0.3, -0.25) is 4.79 Å². The van der Waals surface area contributed by atoms with Gasteiger partial charge < -0.3 is 24.6 Å². The van der Waals surface area contributed by atoms with Gasteiger partial charge in [-0.2, -0.15) is 13.2 Å². The molecule has 1 aliphatic carbocycles. The van der Waals surface area contributed by atoms with Gasteiger partial charge in [0.05, 0.1) is 18.1 Å². The van der Waals surface area contributed by atoms with Crippen molar-refractivity contribution in [1.82, 2.24) is 15.2 Å². The van der Waals surface area contributed by atoms with Crippen LogP contribution in [0.25, 0.3) is 0 Å². The molecule has 3 fully saturated rings. The molecule has 1 amide bonds. The van der Waals surface area contributed by atoms with Crippen LogP contribution in [0, 0.1) is 5.41 Å². The van der Waals surface area contributed by atoms with Gasteiger partial charge in [0, 0.05) is 52.0 Å². The Morgan fingerprint density at radius 3 is 2.71 bits per heavy atom. The van der Waals surface area contributed by atoms with Gasteiger partial charge in [-0.05, 0) is 44.2 Å². The molecule has 0 bridgehead atoms. The van der Waals surface area contributed by atoms with Crippen molar-refractivity contribution in [1.29, 1.82) is 0 Å². The molecule has 0 spiro atoms. The summed E-state index contributed by atoms with van der Waals surface area (Å²) in [5, 5.41) is 3.73. The van der Waals surface area contributed by atoms with Crippen molar-refractivity contribution in [3.05, 3.63) is 23.9 Å². The normalized spacial score (nSPS) is 30.6. The lowest BCUT2D eigenvalue weighted by molar-refractivity contribution is -0.142. The first kappa shape index (κ1) is 25.2. The molecular formula is C24H35F3N4O3. The highest BCUT2D eigenvalue weighted by Crippen LogP contribution is 2.43. The molecule has 190 valence electrons. The first-order chi connectivity index (χ1) is 16.3. The molecule has 2 unspecified atom stereocenters. The van der Waals surface area contributed by atoms with E-state index in [9.17, 15) is 18.0 Å². The molecular weight excluding hydrogens is 449 g/mol. The van der Waals surface area contributed by atoms with Crippen molar-refractivity contribution in [2.24, 2.45) is 5.41 Å². The molecule has 34 heavy (non-hydrogen) atoms. The fourth-order valence-electron chi connectivity index (χ4n) is 5.60. The van der Waals surface area contributed by atoms with Gasteiger partial charge in [-0.25, -0.2) is 4.98 Å². The molecule has 10 heteroatoms. The van der Waals surface area contributed by atoms with Crippen LogP contribution >= 0.6 is 0 Å². The average Bonchev–Trinajstić information content (AvgIpc) is 3.28. The van der Waals surface area contributed by atoms with Crippen molar-refractivity contribution in [3.8, 4) is 0 Å². The third kappa shape index (κ3) is 5.33. The number of anilines is 1. The lowest BCUT2D eigenvalue weighted by Gasteiger charge is -2.40. The molecule has 0 radical (unpaired) electrons. The number of aromatic nitrogens is 1. The second-order valence-electron chi connectivity index (χ2n) is 9.64. The van der Waals surface area contributed by atoms with Crippen LogP contribution in [0.15, 0.2) is 18.2 Å². The quantitative estimate of drug-likeness (QED) is 0.670. The van der Waals surface area contributed by atoms with Crippen molar-refractivity contribution in [2.45, 2.75) is 63.4 Å². The van der Waals surface area contributed by atoms with Crippen molar-refractivity contribution in [3.63, 3.8) is 0 Å². The molecule has 1 aromatic heterocycles. The van der Waals surface area contributed by atoms with Crippen LogP contribution in [0.1, 0.15) is 44.7 Å². The topological polar surface area (TPSA) is 66.9 Å². The average molecular weight is 485 g/mol. The molecule has 2 saturated heterocycles. The van der Waals surface area contributed by atoms with E-state index in [-0.39, 0.29) is 29.5 Å². The number of ether oxygens (including phenoxy) is 2. The number of methoxy groups -OCH3 is 1. The maximum Gasteiger partial charge on any atom is 0.433 e. The van der Waals surface area contributed by atoms with Crippen molar-refractivity contribution >= 4 is 11.7 Å². The Kier molecular flexibility index (Phi) is 7.69. The van der Waals surface area contributed by atoms with Crippen LogP contribution in [-0.2, 0) is 20.4 Å². The number of nitrogens with one attached hydrogen (secondary N) is 1. The van der Waals surface area contributed by atoms with Gasteiger partial charge in [-0.15, -0.1) is 0 Å². The smallest absolute Gasteiger partial charge is 0.379 e. The number of nitrogens with zero attached hydrogens (tertiary/aromatic N) is 3.